The first kappa shape index (κ1) is 15.6. The van der Waals surface area contributed by atoms with Gasteiger partial charge in [0.25, 0.3) is 9.84 Å². The molecule has 0 bridgehead atoms. The summed E-state index contributed by atoms with van der Waals surface area (Å²) in [4.78, 5) is 4.82. The number of oxime groups is 1. The maximum atomic E-state index is 14.2. The number of halogens is 2. The Balaban J connectivity index is 2.37. The molecule has 0 spiro atoms. The standard InChI is InChI=1S/C13H14F2N2O3S/c1-12(2)8-10(17-20-12)21(18,19)13(14,15)11(16)9-6-4-3-5-7-9/h3-7,16H,8H2,1-2H3. The molecule has 1 aliphatic rings. The van der Waals surface area contributed by atoms with E-state index in [4.69, 9.17) is 10.2 Å². The molecular weight excluding hydrogens is 302 g/mol. The molecule has 0 aromatic heterocycles. The van der Waals surface area contributed by atoms with Gasteiger partial charge in [0.05, 0.1) is 0 Å². The van der Waals surface area contributed by atoms with Crippen LogP contribution in [0.5, 0.6) is 0 Å². The van der Waals surface area contributed by atoms with Crippen molar-refractivity contribution in [2.45, 2.75) is 31.1 Å². The Hall–Kier alpha value is -1.83. The summed E-state index contributed by atoms with van der Waals surface area (Å²) >= 11 is 0. The maximum absolute atomic E-state index is 14.2. The van der Waals surface area contributed by atoms with Crippen molar-refractivity contribution in [3.63, 3.8) is 0 Å². The molecule has 114 valence electrons. The summed E-state index contributed by atoms with van der Waals surface area (Å²) < 4.78 is 52.6. The van der Waals surface area contributed by atoms with Crippen LogP contribution in [0.25, 0.3) is 0 Å². The predicted octanol–water partition coefficient (Wildman–Crippen LogP) is 2.57. The molecule has 0 unspecified atom stereocenters. The molecule has 0 saturated carbocycles. The molecule has 0 fully saturated rings. The molecule has 0 saturated heterocycles. The van der Waals surface area contributed by atoms with E-state index < -0.39 is 31.4 Å². The second-order valence-corrected chi connectivity index (χ2v) is 7.26. The fourth-order valence-electron chi connectivity index (χ4n) is 1.80. The molecule has 0 radical (unpaired) electrons. The van der Waals surface area contributed by atoms with Gasteiger partial charge in [-0.15, -0.1) is 0 Å². The van der Waals surface area contributed by atoms with E-state index in [9.17, 15) is 17.2 Å². The topological polar surface area (TPSA) is 79.6 Å². The number of alkyl halides is 2. The SMILES string of the molecule is CC1(C)CC(S(=O)(=O)C(F)(F)C(=N)c2ccccc2)=NO1. The number of nitrogens with one attached hydrogen (secondary N) is 1. The molecule has 1 aromatic rings. The van der Waals surface area contributed by atoms with Gasteiger partial charge in [-0.3, -0.25) is 5.41 Å². The Morgan fingerprint density at radius 2 is 1.90 bits per heavy atom. The summed E-state index contributed by atoms with van der Waals surface area (Å²) in [5, 5.41) is 5.68. The average Bonchev–Trinajstić information content (AvgIpc) is 2.79. The van der Waals surface area contributed by atoms with Gasteiger partial charge in [-0.25, -0.2) is 8.42 Å². The highest BCUT2D eigenvalue weighted by Crippen LogP contribution is 2.34. The van der Waals surface area contributed by atoms with Crippen LogP contribution in [0.4, 0.5) is 8.78 Å². The van der Waals surface area contributed by atoms with Gasteiger partial charge in [-0.1, -0.05) is 35.5 Å². The predicted molar refractivity (Wildman–Crippen MR) is 74.4 cm³/mol. The monoisotopic (exact) mass is 316 g/mol. The normalized spacial score (nSPS) is 18.0. The smallest absolute Gasteiger partial charge is 0.389 e. The van der Waals surface area contributed by atoms with Gasteiger partial charge in [0.1, 0.15) is 11.3 Å². The first-order valence-corrected chi connectivity index (χ1v) is 7.58. The van der Waals surface area contributed by atoms with E-state index in [2.05, 4.69) is 5.16 Å². The maximum Gasteiger partial charge on any atom is 0.392 e. The van der Waals surface area contributed by atoms with Crippen LogP contribution in [0.15, 0.2) is 35.5 Å². The van der Waals surface area contributed by atoms with Crippen LogP contribution < -0.4 is 0 Å². The van der Waals surface area contributed by atoms with Gasteiger partial charge in [0.15, 0.2) is 5.04 Å². The third kappa shape index (κ3) is 2.67. The largest absolute Gasteiger partial charge is 0.392 e. The highest BCUT2D eigenvalue weighted by Gasteiger charge is 2.55. The lowest BCUT2D eigenvalue weighted by molar-refractivity contribution is 0.0123. The summed E-state index contributed by atoms with van der Waals surface area (Å²) in [6.07, 6.45) is -0.257. The van der Waals surface area contributed by atoms with Crippen LogP contribution in [-0.2, 0) is 14.7 Å². The third-order valence-corrected chi connectivity index (χ3v) is 4.69. The highest BCUT2D eigenvalue weighted by molar-refractivity contribution is 8.08. The molecular formula is C13H14F2N2O3S. The second kappa shape index (κ2) is 4.87. The molecule has 1 aromatic carbocycles. The van der Waals surface area contributed by atoms with E-state index in [1.165, 1.54) is 24.3 Å². The molecule has 0 atom stereocenters. The van der Waals surface area contributed by atoms with Gasteiger partial charge >= 0.3 is 5.25 Å². The Kier molecular flexibility index (Phi) is 3.61. The Bertz CT molecular complexity index is 697. The molecule has 1 aliphatic heterocycles. The first-order chi connectivity index (χ1) is 9.58. The Labute approximate surface area is 121 Å². The van der Waals surface area contributed by atoms with E-state index in [0.717, 1.165) is 0 Å². The van der Waals surface area contributed by atoms with Crippen molar-refractivity contribution < 1.29 is 22.0 Å². The van der Waals surface area contributed by atoms with Crippen LogP contribution in [0.1, 0.15) is 25.8 Å². The van der Waals surface area contributed by atoms with Crippen molar-refractivity contribution in [1.29, 1.82) is 5.41 Å². The molecule has 21 heavy (non-hydrogen) atoms. The molecule has 1 heterocycles. The number of hydrogen-bond donors (Lipinski definition) is 1. The molecule has 0 amide bonds. The van der Waals surface area contributed by atoms with Crippen LogP contribution in [0, 0.1) is 5.41 Å². The van der Waals surface area contributed by atoms with Crippen LogP contribution in [0.2, 0.25) is 0 Å². The minimum Gasteiger partial charge on any atom is -0.389 e. The molecule has 1 N–H and O–H groups in total. The quantitative estimate of drug-likeness (QED) is 0.870. The van der Waals surface area contributed by atoms with Crippen molar-refractivity contribution >= 4 is 20.6 Å². The van der Waals surface area contributed by atoms with Crippen LogP contribution in [0.3, 0.4) is 0 Å². The fourth-order valence-corrected chi connectivity index (χ4v) is 3.16. The lowest BCUT2D eigenvalue weighted by Crippen LogP contribution is -2.42. The van der Waals surface area contributed by atoms with E-state index in [-0.39, 0.29) is 12.0 Å². The summed E-state index contributed by atoms with van der Waals surface area (Å²) in [5.41, 5.74) is -2.40. The zero-order chi connectivity index (χ0) is 15.9. The highest BCUT2D eigenvalue weighted by atomic mass is 32.2. The van der Waals surface area contributed by atoms with Gasteiger partial charge < -0.3 is 4.84 Å². The second-order valence-electron chi connectivity index (χ2n) is 5.27. The third-order valence-electron chi connectivity index (χ3n) is 2.97. The number of sulfone groups is 1. The van der Waals surface area contributed by atoms with E-state index >= 15 is 0 Å². The van der Waals surface area contributed by atoms with Gasteiger partial charge in [0.2, 0.25) is 0 Å². The van der Waals surface area contributed by atoms with E-state index in [1.54, 1.807) is 19.9 Å². The number of benzene rings is 1. The van der Waals surface area contributed by atoms with E-state index in [0.29, 0.717) is 0 Å². The lowest BCUT2D eigenvalue weighted by Gasteiger charge is -2.18. The van der Waals surface area contributed by atoms with Crippen molar-refractivity contribution in [2.24, 2.45) is 5.16 Å². The number of hydrogen-bond acceptors (Lipinski definition) is 5. The van der Waals surface area contributed by atoms with Gasteiger partial charge in [0, 0.05) is 12.0 Å². The Morgan fingerprint density at radius 1 is 1.33 bits per heavy atom. The van der Waals surface area contributed by atoms with Crippen LogP contribution in [-0.4, -0.2) is 30.0 Å². The first-order valence-electron chi connectivity index (χ1n) is 6.10. The van der Waals surface area contributed by atoms with Gasteiger partial charge in [-0.2, -0.15) is 8.78 Å². The Morgan fingerprint density at radius 3 is 2.38 bits per heavy atom. The zero-order valence-electron chi connectivity index (χ0n) is 11.4. The summed E-state index contributed by atoms with van der Waals surface area (Å²) in [7, 11) is -5.09. The number of rotatable bonds is 3. The summed E-state index contributed by atoms with van der Waals surface area (Å²) in [6.45, 7) is 3.08. The van der Waals surface area contributed by atoms with Crippen molar-refractivity contribution in [1.82, 2.24) is 0 Å². The minimum absolute atomic E-state index is 0.162. The summed E-state index contributed by atoms with van der Waals surface area (Å²) in [5.74, 6) is 0. The van der Waals surface area contributed by atoms with E-state index in [1.807, 2.05) is 0 Å². The van der Waals surface area contributed by atoms with Crippen molar-refractivity contribution in [3.05, 3.63) is 35.9 Å². The van der Waals surface area contributed by atoms with Crippen molar-refractivity contribution in [3.8, 4) is 0 Å². The van der Waals surface area contributed by atoms with Crippen molar-refractivity contribution in [2.75, 3.05) is 0 Å². The van der Waals surface area contributed by atoms with Gasteiger partial charge in [-0.05, 0) is 13.8 Å². The minimum atomic E-state index is -5.09. The molecule has 0 aliphatic carbocycles. The molecule has 2 rings (SSSR count). The summed E-state index contributed by atoms with van der Waals surface area (Å²) in [6, 6.07) is 6.99. The molecule has 8 heteroatoms. The average molecular weight is 316 g/mol. The lowest BCUT2D eigenvalue weighted by atomic mass is 10.1. The number of nitrogens with zero attached hydrogens (tertiary/aromatic N) is 1. The molecule has 5 nitrogen and oxygen atoms in total. The van der Waals surface area contributed by atoms with Crippen LogP contribution >= 0.6 is 0 Å². The zero-order valence-corrected chi connectivity index (χ0v) is 12.2. The fraction of sp³-hybridized carbons (Fsp3) is 0.385.